The van der Waals surface area contributed by atoms with E-state index in [9.17, 15) is 9.18 Å². The zero-order valence-electron chi connectivity index (χ0n) is 8.66. The number of hydrogen-bond acceptors (Lipinski definition) is 3. The summed E-state index contributed by atoms with van der Waals surface area (Å²) in [4.78, 5) is 11.5. The third kappa shape index (κ3) is 3.24. The molecule has 0 radical (unpaired) electrons. The molecular formula is C11H12FN3O. The fourth-order valence-electron chi connectivity index (χ4n) is 1.20. The summed E-state index contributed by atoms with van der Waals surface area (Å²) in [6.07, 6.45) is 0.975. The van der Waals surface area contributed by atoms with Crippen molar-refractivity contribution in [3.63, 3.8) is 0 Å². The zero-order valence-corrected chi connectivity index (χ0v) is 8.66. The summed E-state index contributed by atoms with van der Waals surface area (Å²) in [7, 11) is 0. The van der Waals surface area contributed by atoms with E-state index >= 15 is 0 Å². The standard InChI is InChI=1S/C11H12FN3O/c12-8-3-4-9(10(14)7-8)11(16)15-6-2-1-5-13/h3-4,7H,1-2,6,14H2,(H,15,16). The van der Waals surface area contributed by atoms with Crippen LogP contribution in [-0.4, -0.2) is 12.5 Å². The first-order valence-electron chi connectivity index (χ1n) is 4.85. The van der Waals surface area contributed by atoms with E-state index in [1.54, 1.807) is 0 Å². The minimum absolute atomic E-state index is 0.109. The Hall–Kier alpha value is -2.09. The molecule has 1 amide bonds. The van der Waals surface area contributed by atoms with Crippen LogP contribution in [-0.2, 0) is 0 Å². The molecule has 5 heteroatoms. The van der Waals surface area contributed by atoms with E-state index in [0.29, 0.717) is 19.4 Å². The molecule has 1 aromatic carbocycles. The Morgan fingerprint density at radius 1 is 1.56 bits per heavy atom. The van der Waals surface area contributed by atoms with Crippen LogP contribution >= 0.6 is 0 Å². The van der Waals surface area contributed by atoms with E-state index < -0.39 is 5.82 Å². The van der Waals surface area contributed by atoms with Crippen LogP contribution in [0.5, 0.6) is 0 Å². The number of nitrogens with two attached hydrogens (primary N) is 1. The Morgan fingerprint density at radius 2 is 2.31 bits per heavy atom. The van der Waals surface area contributed by atoms with Crippen LogP contribution in [0.25, 0.3) is 0 Å². The summed E-state index contributed by atoms with van der Waals surface area (Å²) in [5, 5.41) is 10.9. The molecule has 0 aliphatic carbocycles. The van der Waals surface area contributed by atoms with Crippen molar-refractivity contribution in [2.45, 2.75) is 12.8 Å². The van der Waals surface area contributed by atoms with Gasteiger partial charge >= 0.3 is 0 Å². The number of nitrogens with zero attached hydrogens (tertiary/aromatic N) is 1. The summed E-state index contributed by atoms with van der Waals surface area (Å²) in [6.45, 7) is 0.406. The van der Waals surface area contributed by atoms with Crippen molar-refractivity contribution >= 4 is 11.6 Å². The maximum Gasteiger partial charge on any atom is 0.253 e. The van der Waals surface area contributed by atoms with Crippen LogP contribution in [0.2, 0.25) is 0 Å². The van der Waals surface area contributed by atoms with E-state index in [2.05, 4.69) is 5.32 Å². The van der Waals surface area contributed by atoms with Crippen LogP contribution in [0.1, 0.15) is 23.2 Å². The Labute approximate surface area is 92.9 Å². The number of benzene rings is 1. The predicted molar refractivity (Wildman–Crippen MR) is 58.0 cm³/mol. The van der Waals surface area contributed by atoms with Crippen LogP contribution < -0.4 is 11.1 Å². The average Bonchev–Trinajstić information content (AvgIpc) is 2.24. The lowest BCUT2D eigenvalue weighted by Gasteiger charge is -2.06. The highest BCUT2D eigenvalue weighted by Crippen LogP contribution is 2.12. The first kappa shape index (κ1) is 12.0. The van der Waals surface area contributed by atoms with Crippen LogP contribution in [0.15, 0.2) is 18.2 Å². The topological polar surface area (TPSA) is 78.9 Å². The molecule has 0 aliphatic rings. The van der Waals surface area contributed by atoms with Crippen LogP contribution in [0.3, 0.4) is 0 Å². The van der Waals surface area contributed by atoms with Gasteiger partial charge in [-0.25, -0.2) is 4.39 Å². The quantitative estimate of drug-likeness (QED) is 0.596. The van der Waals surface area contributed by atoms with Gasteiger partial charge in [-0.2, -0.15) is 5.26 Å². The van der Waals surface area contributed by atoms with E-state index in [-0.39, 0.29) is 17.2 Å². The molecule has 0 fully saturated rings. The molecule has 4 nitrogen and oxygen atoms in total. The number of rotatable bonds is 4. The van der Waals surface area contributed by atoms with E-state index in [1.165, 1.54) is 12.1 Å². The lowest BCUT2D eigenvalue weighted by molar-refractivity contribution is 0.0954. The third-order valence-corrected chi connectivity index (χ3v) is 2.01. The number of amides is 1. The summed E-state index contributed by atoms with van der Waals surface area (Å²) in [6, 6.07) is 5.59. The van der Waals surface area contributed by atoms with Gasteiger partial charge in [0, 0.05) is 18.7 Å². The molecule has 16 heavy (non-hydrogen) atoms. The fraction of sp³-hybridized carbons (Fsp3) is 0.273. The molecule has 0 aromatic heterocycles. The molecule has 0 bridgehead atoms. The van der Waals surface area contributed by atoms with Crippen molar-refractivity contribution in [2.24, 2.45) is 0 Å². The number of unbranched alkanes of at least 4 members (excludes halogenated alkanes) is 1. The highest BCUT2D eigenvalue weighted by atomic mass is 19.1. The van der Waals surface area contributed by atoms with Crippen LogP contribution in [0, 0.1) is 17.1 Å². The molecule has 84 valence electrons. The number of carbonyl (C=O) groups is 1. The number of nitrogens with one attached hydrogen (secondary N) is 1. The Morgan fingerprint density at radius 3 is 2.94 bits per heavy atom. The van der Waals surface area contributed by atoms with E-state index in [4.69, 9.17) is 11.0 Å². The second-order valence-electron chi connectivity index (χ2n) is 3.25. The first-order chi connectivity index (χ1) is 7.65. The van der Waals surface area contributed by atoms with Gasteiger partial charge in [-0.1, -0.05) is 0 Å². The number of halogens is 1. The maximum atomic E-state index is 12.7. The molecule has 0 atom stereocenters. The molecule has 0 unspecified atom stereocenters. The van der Waals surface area contributed by atoms with Crippen molar-refractivity contribution < 1.29 is 9.18 Å². The van der Waals surface area contributed by atoms with Gasteiger partial charge in [0.2, 0.25) is 0 Å². The van der Waals surface area contributed by atoms with Gasteiger partial charge in [0.1, 0.15) is 5.82 Å². The highest BCUT2D eigenvalue weighted by molar-refractivity contribution is 5.99. The van der Waals surface area contributed by atoms with Crippen LogP contribution in [0.4, 0.5) is 10.1 Å². The van der Waals surface area contributed by atoms with Crippen molar-refractivity contribution in [3.8, 4) is 6.07 Å². The second-order valence-corrected chi connectivity index (χ2v) is 3.25. The zero-order chi connectivity index (χ0) is 12.0. The summed E-state index contributed by atoms with van der Waals surface area (Å²) >= 11 is 0. The van der Waals surface area contributed by atoms with Gasteiger partial charge < -0.3 is 11.1 Å². The minimum atomic E-state index is -0.474. The van der Waals surface area contributed by atoms with Crippen molar-refractivity contribution in [1.82, 2.24) is 5.32 Å². The molecule has 0 saturated carbocycles. The first-order valence-corrected chi connectivity index (χ1v) is 4.85. The van der Waals surface area contributed by atoms with E-state index in [1.807, 2.05) is 6.07 Å². The Kier molecular flexibility index (Phi) is 4.28. The Bertz CT molecular complexity index is 426. The van der Waals surface area contributed by atoms with Gasteiger partial charge in [0.25, 0.3) is 5.91 Å². The average molecular weight is 221 g/mol. The Balaban J connectivity index is 2.57. The van der Waals surface area contributed by atoms with Gasteiger partial charge in [-0.05, 0) is 24.6 Å². The lowest BCUT2D eigenvalue weighted by atomic mass is 10.1. The summed E-state index contributed by atoms with van der Waals surface area (Å²) in [5.41, 5.74) is 5.86. The van der Waals surface area contributed by atoms with Gasteiger partial charge in [-0.3, -0.25) is 4.79 Å². The smallest absolute Gasteiger partial charge is 0.253 e. The number of anilines is 1. The van der Waals surface area contributed by atoms with Crippen molar-refractivity contribution in [3.05, 3.63) is 29.6 Å². The maximum absolute atomic E-state index is 12.7. The summed E-state index contributed by atoms with van der Waals surface area (Å²) in [5.74, 6) is -0.825. The number of nitriles is 1. The molecule has 1 rings (SSSR count). The van der Waals surface area contributed by atoms with E-state index in [0.717, 1.165) is 6.07 Å². The number of hydrogen-bond donors (Lipinski definition) is 2. The van der Waals surface area contributed by atoms with Gasteiger partial charge in [-0.15, -0.1) is 0 Å². The van der Waals surface area contributed by atoms with Gasteiger partial charge in [0.15, 0.2) is 0 Å². The third-order valence-electron chi connectivity index (χ3n) is 2.01. The highest BCUT2D eigenvalue weighted by Gasteiger charge is 2.09. The molecular weight excluding hydrogens is 209 g/mol. The normalized spacial score (nSPS) is 9.50. The second kappa shape index (κ2) is 5.71. The fourth-order valence-corrected chi connectivity index (χ4v) is 1.20. The minimum Gasteiger partial charge on any atom is -0.398 e. The number of nitrogen functional groups attached to an aromatic ring is 1. The lowest BCUT2D eigenvalue weighted by Crippen LogP contribution is -2.25. The molecule has 0 heterocycles. The number of carbonyl (C=O) groups excluding carboxylic acids is 1. The monoisotopic (exact) mass is 221 g/mol. The molecule has 3 N–H and O–H groups in total. The molecule has 0 aliphatic heterocycles. The molecule has 0 spiro atoms. The molecule has 1 aromatic rings. The van der Waals surface area contributed by atoms with Crippen molar-refractivity contribution in [1.29, 1.82) is 5.26 Å². The SMILES string of the molecule is N#CCCCNC(=O)c1ccc(F)cc1N. The largest absolute Gasteiger partial charge is 0.398 e. The molecule has 0 saturated heterocycles. The summed E-state index contributed by atoms with van der Waals surface area (Å²) < 4.78 is 12.7. The van der Waals surface area contributed by atoms with Crippen molar-refractivity contribution in [2.75, 3.05) is 12.3 Å². The predicted octanol–water partition coefficient (Wildman–Crippen LogP) is 1.44. The van der Waals surface area contributed by atoms with Gasteiger partial charge in [0.05, 0.1) is 11.6 Å².